The normalized spacial score (nSPS) is 10.1. The van der Waals surface area contributed by atoms with Crippen LogP contribution >= 0.6 is 27.5 Å². The summed E-state index contributed by atoms with van der Waals surface area (Å²) in [5, 5.41) is 10.7. The smallest absolute Gasteiger partial charge is 0.288 e. The molecule has 0 N–H and O–H groups in total. The van der Waals surface area contributed by atoms with Crippen LogP contribution in [0.25, 0.3) is 0 Å². The van der Waals surface area contributed by atoms with E-state index in [0.717, 1.165) is 0 Å². The number of carbonyl (C=O) groups is 1. The number of Topliss-reactive ketones (excluding diaryl/α,β-unsaturated/α-hetero) is 1. The fourth-order valence-electron chi connectivity index (χ4n) is 1.19. The van der Waals surface area contributed by atoms with Gasteiger partial charge in [-0.15, -0.1) is 0 Å². The summed E-state index contributed by atoms with van der Waals surface area (Å²) in [4.78, 5) is 21.4. The highest BCUT2D eigenvalue weighted by Gasteiger charge is 2.19. The molecule has 0 aliphatic heterocycles. The Kier molecular flexibility index (Phi) is 3.82. The third-order valence-corrected chi connectivity index (χ3v) is 2.97. The zero-order chi connectivity index (χ0) is 11.6. The number of ketones is 1. The van der Waals surface area contributed by atoms with Crippen molar-refractivity contribution < 1.29 is 9.72 Å². The second kappa shape index (κ2) is 4.72. The number of halogens is 2. The number of benzene rings is 1. The Hall–Kier alpha value is -0.940. The lowest BCUT2D eigenvalue weighted by Gasteiger charge is -2.05. The van der Waals surface area contributed by atoms with E-state index in [4.69, 9.17) is 11.6 Å². The molecule has 0 heterocycles. The molecule has 1 aromatic carbocycles. The molecule has 0 radical (unpaired) electrons. The van der Waals surface area contributed by atoms with E-state index in [0.29, 0.717) is 11.1 Å². The van der Waals surface area contributed by atoms with E-state index in [9.17, 15) is 14.9 Å². The molecule has 80 valence electrons. The van der Waals surface area contributed by atoms with Gasteiger partial charge in [0.1, 0.15) is 5.02 Å². The minimum atomic E-state index is -0.572. The lowest BCUT2D eigenvalue weighted by molar-refractivity contribution is -0.384. The number of nitro groups is 1. The number of hydrogen-bond acceptors (Lipinski definition) is 3. The summed E-state index contributed by atoms with van der Waals surface area (Å²) in [6.07, 6.45) is 0. The molecular formula is C9H7BrClNO3. The van der Waals surface area contributed by atoms with Crippen molar-refractivity contribution in [2.45, 2.75) is 6.92 Å². The van der Waals surface area contributed by atoms with Crippen LogP contribution in [0.2, 0.25) is 5.02 Å². The Morgan fingerprint density at radius 2 is 2.20 bits per heavy atom. The second-order valence-electron chi connectivity index (χ2n) is 2.89. The number of nitro benzene ring substituents is 1. The van der Waals surface area contributed by atoms with E-state index >= 15 is 0 Å². The minimum Gasteiger partial charge on any atom is -0.293 e. The van der Waals surface area contributed by atoms with Crippen LogP contribution in [0.1, 0.15) is 15.9 Å². The van der Waals surface area contributed by atoms with Gasteiger partial charge in [-0.3, -0.25) is 14.9 Å². The molecule has 0 aromatic heterocycles. The minimum absolute atomic E-state index is 0.0202. The van der Waals surface area contributed by atoms with Crippen LogP contribution in [0.5, 0.6) is 0 Å². The Labute approximate surface area is 99.5 Å². The summed E-state index contributed by atoms with van der Waals surface area (Å²) >= 11 is 8.82. The van der Waals surface area contributed by atoms with Gasteiger partial charge in [-0.1, -0.05) is 27.5 Å². The second-order valence-corrected chi connectivity index (χ2v) is 3.82. The predicted octanol–water partition coefficient (Wildman–Crippen LogP) is 3.13. The van der Waals surface area contributed by atoms with Gasteiger partial charge in [0.05, 0.1) is 10.3 Å². The maximum absolute atomic E-state index is 11.4. The maximum atomic E-state index is 11.4. The van der Waals surface area contributed by atoms with Crippen LogP contribution in [0, 0.1) is 17.0 Å². The molecule has 0 atom stereocenters. The molecule has 0 spiro atoms. The summed E-state index contributed by atoms with van der Waals surface area (Å²) in [7, 11) is 0. The number of hydrogen-bond donors (Lipinski definition) is 0. The number of carbonyl (C=O) groups excluding carboxylic acids is 1. The molecule has 1 aromatic rings. The standard InChI is InChI=1S/C9H7BrClNO3/c1-5-6(8(13)4-10)2-3-7(9(5)11)12(14)15/h2-3H,4H2,1H3. The maximum Gasteiger partial charge on any atom is 0.288 e. The average molecular weight is 293 g/mol. The van der Waals surface area contributed by atoms with Gasteiger partial charge in [0.2, 0.25) is 0 Å². The van der Waals surface area contributed by atoms with Crippen LogP contribution < -0.4 is 0 Å². The molecule has 6 heteroatoms. The molecular weight excluding hydrogens is 285 g/mol. The first-order chi connectivity index (χ1) is 6.99. The van der Waals surface area contributed by atoms with Gasteiger partial charge in [0.15, 0.2) is 5.78 Å². The molecule has 4 nitrogen and oxygen atoms in total. The highest BCUT2D eigenvalue weighted by Crippen LogP contribution is 2.30. The lowest BCUT2D eigenvalue weighted by Crippen LogP contribution is -2.04. The predicted molar refractivity (Wildman–Crippen MR) is 61.0 cm³/mol. The third-order valence-electron chi connectivity index (χ3n) is 1.98. The van der Waals surface area contributed by atoms with Gasteiger partial charge < -0.3 is 0 Å². The van der Waals surface area contributed by atoms with E-state index in [1.54, 1.807) is 6.92 Å². The lowest BCUT2D eigenvalue weighted by atomic mass is 10.0. The molecule has 0 unspecified atom stereocenters. The van der Waals surface area contributed by atoms with Gasteiger partial charge in [-0.2, -0.15) is 0 Å². The zero-order valence-corrected chi connectivity index (χ0v) is 10.1. The van der Waals surface area contributed by atoms with Crippen LogP contribution in [-0.4, -0.2) is 16.0 Å². The zero-order valence-electron chi connectivity index (χ0n) is 7.79. The van der Waals surface area contributed by atoms with Crippen molar-refractivity contribution in [1.82, 2.24) is 0 Å². The van der Waals surface area contributed by atoms with Gasteiger partial charge in [0, 0.05) is 11.6 Å². The Balaban J connectivity index is 3.33. The Morgan fingerprint density at radius 1 is 1.60 bits per heavy atom. The van der Waals surface area contributed by atoms with Gasteiger partial charge in [-0.05, 0) is 18.6 Å². The number of nitrogens with zero attached hydrogens (tertiary/aromatic N) is 1. The molecule has 0 saturated carbocycles. The third kappa shape index (κ3) is 2.35. The Morgan fingerprint density at radius 3 is 2.67 bits per heavy atom. The van der Waals surface area contributed by atoms with Crippen molar-refractivity contribution in [2.75, 3.05) is 5.33 Å². The van der Waals surface area contributed by atoms with E-state index in [1.807, 2.05) is 0 Å². The van der Waals surface area contributed by atoms with E-state index < -0.39 is 4.92 Å². The molecule has 0 fully saturated rings. The van der Waals surface area contributed by atoms with E-state index in [1.165, 1.54) is 12.1 Å². The van der Waals surface area contributed by atoms with Crippen molar-refractivity contribution in [3.8, 4) is 0 Å². The Bertz CT molecular complexity index is 434. The summed E-state index contributed by atoms with van der Waals surface area (Å²) in [6.45, 7) is 1.59. The van der Waals surface area contributed by atoms with E-state index in [-0.39, 0.29) is 21.8 Å². The summed E-state index contributed by atoms with van der Waals surface area (Å²) in [5.41, 5.74) is 0.665. The van der Waals surface area contributed by atoms with Crippen molar-refractivity contribution in [3.63, 3.8) is 0 Å². The fourth-order valence-corrected chi connectivity index (χ4v) is 1.72. The molecule has 0 bridgehead atoms. The van der Waals surface area contributed by atoms with E-state index in [2.05, 4.69) is 15.9 Å². The van der Waals surface area contributed by atoms with Crippen LogP contribution in [0.3, 0.4) is 0 Å². The molecule has 1 rings (SSSR count). The summed E-state index contributed by atoms with van der Waals surface area (Å²) in [6, 6.07) is 2.66. The topological polar surface area (TPSA) is 60.2 Å². The van der Waals surface area contributed by atoms with Crippen molar-refractivity contribution in [3.05, 3.63) is 38.4 Å². The van der Waals surface area contributed by atoms with Crippen molar-refractivity contribution in [1.29, 1.82) is 0 Å². The van der Waals surface area contributed by atoms with Crippen LogP contribution in [-0.2, 0) is 0 Å². The molecule has 0 aliphatic rings. The number of alkyl halides is 1. The number of rotatable bonds is 3. The first kappa shape index (κ1) is 12.1. The van der Waals surface area contributed by atoms with Crippen molar-refractivity contribution >= 4 is 39.0 Å². The van der Waals surface area contributed by atoms with Crippen molar-refractivity contribution in [2.24, 2.45) is 0 Å². The van der Waals surface area contributed by atoms with Crippen LogP contribution in [0.15, 0.2) is 12.1 Å². The highest BCUT2D eigenvalue weighted by atomic mass is 79.9. The van der Waals surface area contributed by atoms with Gasteiger partial charge in [-0.25, -0.2) is 0 Å². The quantitative estimate of drug-likeness (QED) is 0.372. The first-order valence-corrected chi connectivity index (χ1v) is 5.51. The summed E-state index contributed by atoms with van der Waals surface area (Å²) in [5.74, 6) is -0.149. The monoisotopic (exact) mass is 291 g/mol. The SMILES string of the molecule is Cc1c(C(=O)CBr)ccc([N+](=O)[O-])c1Cl. The average Bonchev–Trinajstić information content (AvgIpc) is 2.20. The fraction of sp³-hybridized carbons (Fsp3) is 0.222. The summed E-state index contributed by atoms with van der Waals surface area (Å²) < 4.78 is 0. The molecule has 0 aliphatic carbocycles. The molecule has 0 saturated heterocycles. The highest BCUT2D eigenvalue weighted by molar-refractivity contribution is 9.09. The first-order valence-electron chi connectivity index (χ1n) is 4.01. The molecule has 15 heavy (non-hydrogen) atoms. The largest absolute Gasteiger partial charge is 0.293 e. The van der Waals surface area contributed by atoms with Gasteiger partial charge in [0.25, 0.3) is 5.69 Å². The van der Waals surface area contributed by atoms with Crippen LogP contribution in [0.4, 0.5) is 5.69 Å². The molecule has 0 amide bonds. The van der Waals surface area contributed by atoms with Gasteiger partial charge >= 0.3 is 0 Å².